The first-order valence-corrected chi connectivity index (χ1v) is 50.9. The lowest BCUT2D eigenvalue weighted by molar-refractivity contribution is 1.11. The minimum Gasteiger partial charge on any atom is -0.309 e. The minimum atomic E-state index is 1.10. The molecule has 0 unspecified atom stereocenters. The van der Waals surface area contributed by atoms with Gasteiger partial charge in [0.25, 0.3) is 0 Å². The average Bonchev–Trinajstić information content (AvgIpc) is 1.54. The zero-order chi connectivity index (χ0) is 96.6. The molecule has 10 heterocycles. The number of hydrogen-bond donors (Lipinski definition) is 0. The highest BCUT2D eigenvalue weighted by molar-refractivity contribution is 6.23. The zero-order valence-corrected chi connectivity index (χ0v) is 80.1. The molecule has 0 amide bonds. The fourth-order valence-electron chi connectivity index (χ4n) is 25.5. The SMILES string of the molecule is c1ccc(-c2ccc3c(c2)c2cc(-n4c5ccccc5c5ccccc54)cc(-n4c5ccccc5c5ccccc54)c2n3-c2ccc3c(c2)c2ccccc2n3-c2ccc(-n3c4ccccc4c4ccccc43)cc2)cc1.c1ccc2c(c1)c1ccccc1n2-c1ccc(-n2c3ccccc3c3cc(-n4c5ccccc5c5cc(-n6c7ccccc7c7ccccc76)cc(-n6c7ccccc7c7ccccc76)c54)ccc32)cc1. The van der Waals surface area contributed by atoms with Crippen LogP contribution in [0.3, 0.4) is 0 Å². The van der Waals surface area contributed by atoms with Crippen LogP contribution in [0, 0.1) is 0 Å². The lowest BCUT2D eigenvalue weighted by Gasteiger charge is -2.17. The Labute approximate surface area is 847 Å². The molecule has 0 spiro atoms. The van der Waals surface area contributed by atoms with Crippen molar-refractivity contribution in [1.82, 2.24) is 45.7 Å². The van der Waals surface area contributed by atoms with E-state index in [2.05, 4.69) is 567 Å². The maximum Gasteiger partial charge on any atom is 0.0784 e. The number of para-hydroxylation sites is 15. The van der Waals surface area contributed by atoms with Crippen molar-refractivity contribution >= 4 is 218 Å². The van der Waals surface area contributed by atoms with Gasteiger partial charge in [-0.15, -0.1) is 0 Å². The van der Waals surface area contributed by atoms with Crippen LogP contribution in [-0.2, 0) is 0 Å². The van der Waals surface area contributed by atoms with Crippen LogP contribution in [0.5, 0.6) is 0 Å². The summed E-state index contributed by atoms with van der Waals surface area (Å²) in [4.78, 5) is 0. The van der Waals surface area contributed by atoms with E-state index in [1.165, 1.54) is 196 Å². The molecule has 0 N–H and O–H groups in total. The van der Waals surface area contributed by atoms with E-state index in [0.717, 1.165) is 90.0 Å². The molecular weight excluding hydrogens is 1800 g/mol. The molecule has 0 aliphatic rings. The van der Waals surface area contributed by atoms with E-state index in [9.17, 15) is 0 Å². The number of rotatable bonds is 11. The van der Waals surface area contributed by atoms with Gasteiger partial charge in [0.05, 0.1) is 122 Å². The van der Waals surface area contributed by atoms with Crippen LogP contribution >= 0.6 is 0 Å². The Morgan fingerprint density at radius 1 is 0.0878 bits per heavy atom. The third-order valence-corrected chi connectivity index (χ3v) is 31.7. The largest absolute Gasteiger partial charge is 0.309 e. The summed E-state index contributed by atoms with van der Waals surface area (Å²) in [5.74, 6) is 0. The fraction of sp³-hybridized carbons (Fsp3) is 0. The van der Waals surface area contributed by atoms with Gasteiger partial charge < -0.3 is 45.7 Å². The van der Waals surface area contributed by atoms with E-state index < -0.39 is 0 Å². The minimum absolute atomic E-state index is 1.10. The van der Waals surface area contributed by atoms with Crippen molar-refractivity contribution in [3.63, 3.8) is 0 Å². The predicted molar refractivity (Wildman–Crippen MR) is 622 cm³/mol. The maximum absolute atomic E-state index is 2.54. The van der Waals surface area contributed by atoms with Gasteiger partial charge in [-0.2, -0.15) is 0 Å². The average molecular weight is 1880 g/mol. The summed E-state index contributed by atoms with van der Waals surface area (Å²) in [6.45, 7) is 0. The highest BCUT2D eigenvalue weighted by Crippen LogP contribution is 2.50. The number of fused-ring (bicyclic) bond motifs is 30. The van der Waals surface area contributed by atoms with Crippen molar-refractivity contribution in [2.75, 3.05) is 0 Å². The normalized spacial score (nSPS) is 12.2. The Balaban J connectivity index is 0.000000132. The van der Waals surface area contributed by atoms with Crippen LogP contribution in [-0.4, -0.2) is 45.7 Å². The molecule has 688 valence electrons. The van der Waals surface area contributed by atoms with Crippen molar-refractivity contribution in [2.24, 2.45) is 0 Å². The molecule has 0 atom stereocenters. The van der Waals surface area contributed by atoms with Gasteiger partial charge in [-0.1, -0.05) is 309 Å². The van der Waals surface area contributed by atoms with Gasteiger partial charge in [-0.05, 0) is 223 Å². The lowest BCUT2D eigenvalue weighted by Crippen LogP contribution is -2.03. The molecule has 10 nitrogen and oxygen atoms in total. The topological polar surface area (TPSA) is 49.3 Å². The van der Waals surface area contributed by atoms with Gasteiger partial charge in [0, 0.05) is 153 Å². The van der Waals surface area contributed by atoms with Gasteiger partial charge in [-0.3, -0.25) is 0 Å². The molecular formula is C138H86N10. The molecule has 33 rings (SSSR count). The molecule has 0 bridgehead atoms. The first kappa shape index (κ1) is 81.7. The van der Waals surface area contributed by atoms with E-state index in [0.29, 0.717) is 0 Å². The third kappa shape index (κ3) is 11.8. The first-order valence-electron chi connectivity index (χ1n) is 50.9. The van der Waals surface area contributed by atoms with Crippen molar-refractivity contribution < 1.29 is 0 Å². The van der Waals surface area contributed by atoms with Crippen LogP contribution < -0.4 is 0 Å². The molecule has 0 aliphatic carbocycles. The number of benzene rings is 23. The molecule has 33 aromatic rings. The second-order valence-electron chi connectivity index (χ2n) is 39.4. The van der Waals surface area contributed by atoms with Crippen LogP contribution in [0.4, 0.5) is 0 Å². The van der Waals surface area contributed by atoms with E-state index in [-0.39, 0.29) is 0 Å². The van der Waals surface area contributed by atoms with Crippen LogP contribution in [0.1, 0.15) is 0 Å². The number of nitrogens with zero attached hydrogens (tertiary/aromatic N) is 10. The molecule has 0 fully saturated rings. The number of aromatic nitrogens is 10. The molecule has 0 radical (unpaired) electrons. The monoisotopic (exact) mass is 1880 g/mol. The fourth-order valence-corrected chi connectivity index (χ4v) is 25.5. The number of hydrogen-bond acceptors (Lipinski definition) is 0. The third-order valence-electron chi connectivity index (χ3n) is 31.7. The molecule has 0 saturated carbocycles. The highest BCUT2D eigenvalue weighted by Gasteiger charge is 2.30. The second kappa shape index (κ2) is 31.8. The molecule has 23 aromatic carbocycles. The van der Waals surface area contributed by atoms with Gasteiger partial charge >= 0.3 is 0 Å². The summed E-state index contributed by atoms with van der Waals surface area (Å²) in [7, 11) is 0. The second-order valence-corrected chi connectivity index (χ2v) is 39.4. The summed E-state index contributed by atoms with van der Waals surface area (Å²) in [5, 5.41) is 24.5. The zero-order valence-electron chi connectivity index (χ0n) is 80.1. The Morgan fingerprint density at radius 3 is 0.520 bits per heavy atom. The van der Waals surface area contributed by atoms with Crippen LogP contribution in [0.2, 0.25) is 0 Å². The first-order chi connectivity index (χ1) is 73.5. The maximum atomic E-state index is 2.54. The highest BCUT2D eigenvalue weighted by atomic mass is 15.1. The Morgan fingerprint density at radius 2 is 0.257 bits per heavy atom. The summed E-state index contributed by atoms with van der Waals surface area (Å²) >= 11 is 0. The van der Waals surface area contributed by atoms with E-state index in [1.54, 1.807) is 0 Å². The van der Waals surface area contributed by atoms with Gasteiger partial charge in [0.15, 0.2) is 0 Å². The van der Waals surface area contributed by atoms with Crippen LogP contribution in [0.15, 0.2) is 522 Å². The van der Waals surface area contributed by atoms with Crippen molar-refractivity contribution in [3.05, 3.63) is 522 Å². The quantitative estimate of drug-likeness (QED) is 0.124. The summed E-state index contributed by atoms with van der Waals surface area (Å²) in [5.41, 5.74) is 37.1. The van der Waals surface area contributed by atoms with Crippen molar-refractivity contribution in [3.8, 4) is 68.0 Å². The van der Waals surface area contributed by atoms with Gasteiger partial charge in [0.2, 0.25) is 0 Å². The molecule has 148 heavy (non-hydrogen) atoms. The molecule has 10 heteroatoms. The van der Waals surface area contributed by atoms with Gasteiger partial charge in [0.1, 0.15) is 0 Å². The van der Waals surface area contributed by atoms with Crippen LogP contribution in [0.25, 0.3) is 286 Å². The van der Waals surface area contributed by atoms with Gasteiger partial charge in [-0.25, -0.2) is 0 Å². The predicted octanol–water partition coefficient (Wildman–Crippen LogP) is 36.0. The smallest absolute Gasteiger partial charge is 0.0784 e. The molecule has 0 saturated heterocycles. The Kier molecular flexibility index (Phi) is 17.5. The summed E-state index contributed by atoms with van der Waals surface area (Å²) in [6.07, 6.45) is 0. The van der Waals surface area contributed by atoms with Crippen molar-refractivity contribution in [2.45, 2.75) is 0 Å². The molecule has 0 aliphatic heterocycles. The van der Waals surface area contributed by atoms with E-state index in [4.69, 9.17) is 0 Å². The Bertz CT molecular complexity index is 11100. The molecule has 10 aromatic heterocycles. The van der Waals surface area contributed by atoms with E-state index in [1.807, 2.05) is 0 Å². The standard InChI is InChI=1S/C72H45N5.C66H41N5/c1-2-18-46(19-3-1)47-34-40-70-59(42-47)61-44-51(75-64-29-13-6-22-54(64)55-23-7-14-30-65(55)75)45-71(77-67-32-16-8-24-56(67)57-25-9-17-33-68(57)77)72(61)76(70)50-39-41-69-60(43-50)58-26-10-15-31-66(58)74(69)49-37-35-48(36-38-49)73-62-27-11-4-20-52(62)53-21-5-12-28-63(53)73;1-9-25-56-46(17-1)47-18-2-10-26-57(47)67(56)42-33-35-43(36-34-42)68-60-29-13-7-23-52(60)54-39-44(37-38-64(54)68)70-61-30-14-8-24-53(61)55-40-45(69-58-27-11-3-19-48(58)49-20-4-12-28-59(49)69)41-65(66(55)70)71-62-31-15-5-21-50(62)51-22-6-16-32-63(51)71/h1-45H;1-41H. The van der Waals surface area contributed by atoms with Crippen molar-refractivity contribution in [1.29, 1.82) is 0 Å². The Hall–Kier alpha value is -19.9. The summed E-state index contributed by atoms with van der Waals surface area (Å²) < 4.78 is 24.7. The lowest BCUT2D eigenvalue weighted by atomic mass is 10.0. The summed E-state index contributed by atoms with van der Waals surface area (Å²) in [6, 6.07) is 192. The van der Waals surface area contributed by atoms with E-state index >= 15 is 0 Å².